The maximum absolute atomic E-state index is 13.2. The van der Waals surface area contributed by atoms with Crippen molar-refractivity contribution in [2.45, 2.75) is 97.1 Å². The minimum atomic E-state index is -0.724. The van der Waals surface area contributed by atoms with Gasteiger partial charge in [0.25, 0.3) is 0 Å². The predicted octanol–water partition coefficient (Wildman–Crippen LogP) is 5.56. The Hall–Kier alpha value is -2.31. The highest BCUT2D eigenvalue weighted by molar-refractivity contribution is 5.87. The van der Waals surface area contributed by atoms with Crippen molar-refractivity contribution in [1.29, 1.82) is 0 Å². The Morgan fingerprint density at radius 2 is 1.86 bits per heavy atom. The highest BCUT2D eigenvalue weighted by Gasteiger charge is 2.52. The smallest absolute Gasteiger partial charge is 0.306 e. The molecule has 0 bridgehead atoms. The van der Waals surface area contributed by atoms with Gasteiger partial charge < -0.3 is 14.6 Å². The predicted molar refractivity (Wildman–Crippen MR) is 135 cm³/mol. The fraction of sp³-hybridized carbons (Fsp3) is 0.621. The number of aliphatic hydroxyl groups excluding tert-OH is 1. The van der Waals surface area contributed by atoms with Crippen molar-refractivity contribution >= 4 is 22.7 Å². The summed E-state index contributed by atoms with van der Waals surface area (Å²) in [5.41, 5.74) is 0.847. The highest BCUT2D eigenvalue weighted by atomic mass is 16.6. The van der Waals surface area contributed by atoms with Crippen LogP contribution in [0, 0.1) is 17.3 Å². The van der Waals surface area contributed by atoms with E-state index in [-0.39, 0.29) is 35.8 Å². The number of hydrogen-bond acceptors (Lipinski definition) is 6. The molecule has 6 nitrogen and oxygen atoms in total. The molecule has 190 valence electrons. The number of nitrogens with zero attached hydrogens (tertiary/aromatic N) is 1. The van der Waals surface area contributed by atoms with Gasteiger partial charge in [-0.15, -0.1) is 0 Å². The van der Waals surface area contributed by atoms with Gasteiger partial charge in [0.15, 0.2) is 0 Å². The molecule has 6 atom stereocenters. The normalized spacial score (nSPS) is 34.7. The molecule has 0 spiro atoms. The second-order valence-corrected chi connectivity index (χ2v) is 11.5. The first-order valence-corrected chi connectivity index (χ1v) is 12.9. The largest absolute Gasteiger partial charge is 0.457 e. The number of hydrogen-bond donors (Lipinski definition) is 1. The minimum Gasteiger partial charge on any atom is -0.457 e. The molecule has 2 saturated heterocycles. The molecule has 4 rings (SSSR count). The van der Waals surface area contributed by atoms with E-state index in [0.717, 1.165) is 35.7 Å². The van der Waals surface area contributed by atoms with E-state index in [1.807, 2.05) is 51.1 Å². The van der Waals surface area contributed by atoms with Gasteiger partial charge in [0.05, 0.1) is 23.3 Å². The van der Waals surface area contributed by atoms with Gasteiger partial charge >= 0.3 is 5.97 Å². The number of fused-ring (bicyclic) bond motifs is 2. The van der Waals surface area contributed by atoms with Gasteiger partial charge in [-0.1, -0.05) is 46.2 Å². The van der Waals surface area contributed by atoms with Gasteiger partial charge in [-0.3, -0.25) is 14.6 Å². The summed E-state index contributed by atoms with van der Waals surface area (Å²) in [4.78, 5) is 30.6. The van der Waals surface area contributed by atoms with E-state index < -0.39 is 23.5 Å². The molecule has 0 amide bonds. The molecule has 0 radical (unpaired) electrons. The Kier molecular flexibility index (Phi) is 7.35. The summed E-state index contributed by atoms with van der Waals surface area (Å²) < 4.78 is 12.1. The standard InChI is InChI=1S/C29H39NO5/c1-18-8-6-13-29(5)24(35-29)17-23(21-10-11-22-20(16-21)9-7-15-30-22)34-25(31)12-14-28(3,4)27(33)19(2)26(18)32/h7,9-11,15-16,18-19,23-24,26,32H,6,8,12-14,17H2,1-5H3/t18-,19+,23-,24-,26-,29+/m0/s1. The molecule has 2 aromatic rings. The van der Waals surface area contributed by atoms with Gasteiger partial charge in [0, 0.05) is 35.8 Å². The topological polar surface area (TPSA) is 89.0 Å². The quantitative estimate of drug-likeness (QED) is 0.424. The van der Waals surface area contributed by atoms with E-state index in [1.54, 1.807) is 13.1 Å². The van der Waals surface area contributed by atoms with Gasteiger partial charge in [-0.25, -0.2) is 0 Å². The van der Waals surface area contributed by atoms with Crippen LogP contribution in [0.25, 0.3) is 10.9 Å². The van der Waals surface area contributed by atoms with E-state index in [2.05, 4.69) is 11.9 Å². The SMILES string of the molecule is C[C@H]1CCC[C@@]2(C)O[C@H]2C[C@@H](c2ccc3ncccc3c2)OC(=O)CCC(C)(C)C(=O)[C@H](C)[C@H]1O. The number of aliphatic hydroxyl groups is 1. The molecule has 1 aromatic heterocycles. The molecule has 1 aromatic carbocycles. The zero-order valence-electron chi connectivity index (χ0n) is 21.6. The third-order valence-electron chi connectivity index (χ3n) is 8.20. The molecule has 35 heavy (non-hydrogen) atoms. The van der Waals surface area contributed by atoms with E-state index in [4.69, 9.17) is 9.47 Å². The lowest BCUT2D eigenvalue weighted by atomic mass is 9.74. The zero-order chi connectivity index (χ0) is 25.4. The van der Waals surface area contributed by atoms with E-state index in [9.17, 15) is 14.7 Å². The first kappa shape index (κ1) is 25.8. The van der Waals surface area contributed by atoms with Crippen molar-refractivity contribution in [2.24, 2.45) is 17.3 Å². The average Bonchev–Trinajstić information content (AvgIpc) is 3.48. The first-order chi connectivity index (χ1) is 16.5. The maximum Gasteiger partial charge on any atom is 0.306 e. The number of benzene rings is 1. The Balaban J connectivity index is 1.58. The number of Topliss-reactive ketones (excluding diaryl/α,β-unsaturated/α-hetero) is 1. The van der Waals surface area contributed by atoms with Crippen LogP contribution < -0.4 is 0 Å². The molecule has 6 heteroatoms. The molecule has 2 fully saturated rings. The summed E-state index contributed by atoms with van der Waals surface area (Å²) in [6.45, 7) is 9.65. The van der Waals surface area contributed by atoms with Crippen LogP contribution in [0.3, 0.4) is 0 Å². The monoisotopic (exact) mass is 481 g/mol. The highest BCUT2D eigenvalue weighted by Crippen LogP contribution is 2.46. The van der Waals surface area contributed by atoms with Crippen molar-refractivity contribution in [3.8, 4) is 0 Å². The molecular weight excluding hydrogens is 442 g/mol. The van der Waals surface area contributed by atoms with Gasteiger partial charge in [-0.2, -0.15) is 0 Å². The van der Waals surface area contributed by atoms with Crippen LogP contribution in [0.15, 0.2) is 36.5 Å². The van der Waals surface area contributed by atoms with Crippen LogP contribution in [-0.4, -0.2) is 39.7 Å². The van der Waals surface area contributed by atoms with Crippen LogP contribution in [0.2, 0.25) is 0 Å². The fourth-order valence-electron chi connectivity index (χ4n) is 5.51. The Morgan fingerprint density at radius 1 is 1.09 bits per heavy atom. The number of ether oxygens (including phenoxy) is 2. The lowest BCUT2D eigenvalue weighted by Crippen LogP contribution is -2.39. The molecule has 1 N–H and O–H groups in total. The van der Waals surface area contributed by atoms with Crippen LogP contribution in [0.5, 0.6) is 0 Å². The van der Waals surface area contributed by atoms with Crippen molar-refractivity contribution in [3.05, 3.63) is 42.1 Å². The molecule has 2 aliphatic rings. The summed E-state index contributed by atoms with van der Waals surface area (Å²) in [6, 6.07) is 9.88. The molecule has 2 aliphatic heterocycles. The van der Waals surface area contributed by atoms with Crippen LogP contribution >= 0.6 is 0 Å². The van der Waals surface area contributed by atoms with Crippen LogP contribution in [0.1, 0.15) is 84.8 Å². The molecule has 3 heterocycles. The average molecular weight is 482 g/mol. The fourth-order valence-corrected chi connectivity index (χ4v) is 5.51. The second kappa shape index (κ2) is 9.98. The maximum atomic E-state index is 13.2. The van der Waals surface area contributed by atoms with Crippen molar-refractivity contribution < 1.29 is 24.2 Å². The number of carbonyl (C=O) groups is 2. The Bertz CT molecular complexity index is 1080. The number of ketones is 1. The lowest BCUT2D eigenvalue weighted by Gasteiger charge is -2.31. The first-order valence-electron chi connectivity index (χ1n) is 12.9. The number of carbonyl (C=O) groups excluding carboxylic acids is 2. The number of cyclic esters (lactones) is 1. The third-order valence-corrected chi connectivity index (χ3v) is 8.20. The summed E-state index contributed by atoms with van der Waals surface area (Å²) in [5, 5.41) is 11.8. The number of esters is 1. The van der Waals surface area contributed by atoms with Crippen LogP contribution in [-0.2, 0) is 19.1 Å². The van der Waals surface area contributed by atoms with Crippen molar-refractivity contribution in [2.75, 3.05) is 0 Å². The van der Waals surface area contributed by atoms with Crippen LogP contribution in [0.4, 0.5) is 0 Å². The minimum absolute atomic E-state index is 0.00660. The number of aromatic nitrogens is 1. The summed E-state index contributed by atoms with van der Waals surface area (Å²) in [5.74, 6) is -0.795. The molecule has 0 aliphatic carbocycles. The summed E-state index contributed by atoms with van der Waals surface area (Å²) >= 11 is 0. The number of rotatable bonds is 1. The second-order valence-electron chi connectivity index (χ2n) is 11.5. The zero-order valence-corrected chi connectivity index (χ0v) is 21.6. The number of pyridine rings is 1. The summed E-state index contributed by atoms with van der Waals surface area (Å²) in [7, 11) is 0. The molecule has 0 saturated carbocycles. The van der Waals surface area contributed by atoms with E-state index in [0.29, 0.717) is 12.8 Å². The lowest BCUT2D eigenvalue weighted by molar-refractivity contribution is -0.151. The Labute approximate surface area is 208 Å². The van der Waals surface area contributed by atoms with Gasteiger partial charge in [0.2, 0.25) is 0 Å². The van der Waals surface area contributed by atoms with Gasteiger partial charge in [-0.05, 0) is 55.9 Å². The van der Waals surface area contributed by atoms with E-state index in [1.165, 1.54) is 0 Å². The van der Waals surface area contributed by atoms with Gasteiger partial charge in [0.1, 0.15) is 11.9 Å². The third kappa shape index (κ3) is 5.75. The van der Waals surface area contributed by atoms with Crippen molar-refractivity contribution in [3.63, 3.8) is 0 Å². The number of epoxide rings is 1. The van der Waals surface area contributed by atoms with Crippen molar-refractivity contribution in [1.82, 2.24) is 4.98 Å². The summed E-state index contributed by atoms with van der Waals surface area (Å²) in [6.07, 6.45) is 4.37. The van der Waals surface area contributed by atoms with E-state index >= 15 is 0 Å². The molecule has 0 unspecified atom stereocenters. The Morgan fingerprint density at radius 3 is 2.63 bits per heavy atom. The molecular formula is C29H39NO5.